The Morgan fingerprint density at radius 3 is 2.10 bits per heavy atom. The first-order valence-electron chi connectivity index (χ1n) is 8.93. The fourth-order valence-electron chi connectivity index (χ4n) is 2.77. The Labute approximate surface area is 167 Å². The van der Waals surface area contributed by atoms with Crippen LogP contribution in [0.25, 0.3) is 22.9 Å². The number of hydrogen-bond acceptors (Lipinski definition) is 5. The van der Waals surface area contributed by atoms with Gasteiger partial charge in [-0.2, -0.15) is 0 Å². The third-order valence-electron chi connectivity index (χ3n) is 4.19. The van der Waals surface area contributed by atoms with Crippen molar-refractivity contribution in [2.24, 2.45) is 0 Å². The molecule has 1 heterocycles. The maximum Gasteiger partial charge on any atom is 0.323 e. The predicted molar refractivity (Wildman–Crippen MR) is 111 cm³/mol. The van der Waals surface area contributed by atoms with Gasteiger partial charge < -0.3 is 19.8 Å². The first-order valence-corrected chi connectivity index (χ1v) is 8.93. The predicted octanol–water partition coefficient (Wildman–Crippen LogP) is 5.06. The molecule has 0 aliphatic heterocycles. The van der Waals surface area contributed by atoms with Crippen LogP contribution >= 0.6 is 0 Å². The molecule has 0 unspecified atom stereocenters. The summed E-state index contributed by atoms with van der Waals surface area (Å²) in [5.74, 6) is 1.46. The number of methoxy groups -OCH3 is 1. The van der Waals surface area contributed by atoms with E-state index in [0.29, 0.717) is 28.9 Å². The third-order valence-corrected chi connectivity index (χ3v) is 4.19. The summed E-state index contributed by atoms with van der Waals surface area (Å²) in [7, 11) is 1.55. The molecule has 144 valence electrons. The van der Waals surface area contributed by atoms with Gasteiger partial charge in [-0.25, -0.2) is 4.79 Å². The fourth-order valence-corrected chi connectivity index (χ4v) is 2.77. The largest absolute Gasteiger partial charge is 0.495 e. The average Bonchev–Trinajstić information content (AvgIpc) is 3.25. The minimum atomic E-state index is -0.369. The number of rotatable bonds is 5. The summed E-state index contributed by atoms with van der Waals surface area (Å²) < 4.78 is 11.0. The van der Waals surface area contributed by atoms with E-state index in [-0.39, 0.29) is 6.03 Å². The van der Waals surface area contributed by atoms with E-state index in [0.717, 1.165) is 11.1 Å². The highest BCUT2D eigenvalue weighted by molar-refractivity contribution is 6.00. The van der Waals surface area contributed by atoms with Crippen LogP contribution in [-0.4, -0.2) is 23.3 Å². The van der Waals surface area contributed by atoms with Gasteiger partial charge in [0.1, 0.15) is 5.75 Å². The van der Waals surface area contributed by atoms with E-state index in [1.165, 1.54) is 0 Å². The summed E-state index contributed by atoms with van der Waals surface area (Å²) in [5.41, 5.74) is 2.83. The molecule has 2 amide bonds. The third kappa shape index (κ3) is 4.24. The van der Waals surface area contributed by atoms with Crippen molar-refractivity contribution >= 4 is 17.4 Å². The molecule has 2 N–H and O–H groups in total. The van der Waals surface area contributed by atoms with Crippen molar-refractivity contribution in [3.05, 3.63) is 78.9 Å². The molecule has 7 nitrogen and oxygen atoms in total. The second-order valence-corrected chi connectivity index (χ2v) is 6.14. The fraction of sp³-hybridized carbons (Fsp3) is 0.0455. The maximum atomic E-state index is 12.2. The molecule has 4 aromatic rings. The second kappa shape index (κ2) is 8.26. The molecule has 0 fully saturated rings. The van der Waals surface area contributed by atoms with Gasteiger partial charge in [0.15, 0.2) is 0 Å². The van der Waals surface area contributed by atoms with Crippen LogP contribution in [0.2, 0.25) is 0 Å². The van der Waals surface area contributed by atoms with Crippen molar-refractivity contribution in [2.45, 2.75) is 0 Å². The molecule has 0 aliphatic rings. The van der Waals surface area contributed by atoms with Crippen LogP contribution in [0, 0.1) is 0 Å². The van der Waals surface area contributed by atoms with Crippen molar-refractivity contribution in [1.29, 1.82) is 0 Å². The topological polar surface area (TPSA) is 89.3 Å². The summed E-state index contributed by atoms with van der Waals surface area (Å²) >= 11 is 0. The standard InChI is InChI=1S/C22H18N4O3/c1-28-19-10-6-5-9-18(19)24-22(27)23-17-13-11-16(12-14-17)21-26-25-20(29-21)15-7-3-2-4-8-15/h2-14H,1H3,(H2,23,24,27). The van der Waals surface area contributed by atoms with E-state index < -0.39 is 0 Å². The van der Waals surface area contributed by atoms with E-state index in [4.69, 9.17) is 9.15 Å². The van der Waals surface area contributed by atoms with Gasteiger partial charge in [0.25, 0.3) is 0 Å². The smallest absolute Gasteiger partial charge is 0.323 e. The minimum absolute atomic E-state index is 0.369. The first-order chi connectivity index (χ1) is 14.2. The number of aromatic nitrogens is 2. The van der Waals surface area contributed by atoms with Gasteiger partial charge in [-0.15, -0.1) is 10.2 Å². The van der Waals surface area contributed by atoms with Crippen molar-refractivity contribution in [3.8, 4) is 28.7 Å². The molecule has 0 radical (unpaired) electrons. The zero-order valence-electron chi connectivity index (χ0n) is 15.6. The summed E-state index contributed by atoms with van der Waals surface area (Å²) in [5, 5.41) is 13.7. The molecule has 7 heteroatoms. The van der Waals surface area contributed by atoms with Gasteiger partial charge in [0, 0.05) is 16.8 Å². The lowest BCUT2D eigenvalue weighted by Gasteiger charge is -2.11. The van der Waals surface area contributed by atoms with Crippen LogP contribution < -0.4 is 15.4 Å². The zero-order valence-corrected chi connectivity index (χ0v) is 15.6. The second-order valence-electron chi connectivity index (χ2n) is 6.14. The molecule has 0 spiro atoms. The van der Waals surface area contributed by atoms with Crippen LogP contribution in [0.5, 0.6) is 5.75 Å². The van der Waals surface area contributed by atoms with Gasteiger partial charge in [-0.05, 0) is 48.5 Å². The van der Waals surface area contributed by atoms with Crippen LogP contribution in [0.1, 0.15) is 0 Å². The number of amides is 2. The van der Waals surface area contributed by atoms with Gasteiger partial charge in [-0.3, -0.25) is 0 Å². The Balaban J connectivity index is 1.43. The molecule has 1 aromatic heterocycles. The van der Waals surface area contributed by atoms with Crippen molar-refractivity contribution in [3.63, 3.8) is 0 Å². The molecule has 29 heavy (non-hydrogen) atoms. The van der Waals surface area contributed by atoms with E-state index in [2.05, 4.69) is 20.8 Å². The Morgan fingerprint density at radius 2 is 1.41 bits per heavy atom. The lowest BCUT2D eigenvalue weighted by Crippen LogP contribution is -2.19. The number of nitrogens with zero attached hydrogens (tertiary/aromatic N) is 2. The van der Waals surface area contributed by atoms with Crippen LogP contribution in [0.4, 0.5) is 16.2 Å². The number of para-hydroxylation sites is 2. The minimum Gasteiger partial charge on any atom is -0.495 e. The van der Waals surface area contributed by atoms with E-state index in [1.807, 2.05) is 42.5 Å². The van der Waals surface area contributed by atoms with Gasteiger partial charge in [0.05, 0.1) is 12.8 Å². The summed E-state index contributed by atoms with van der Waals surface area (Å²) in [6, 6.07) is 23.5. The molecule has 0 saturated carbocycles. The SMILES string of the molecule is COc1ccccc1NC(=O)Nc1ccc(-c2nnc(-c3ccccc3)o2)cc1. The highest BCUT2D eigenvalue weighted by Crippen LogP contribution is 2.25. The van der Waals surface area contributed by atoms with E-state index in [1.54, 1.807) is 43.5 Å². The Hall–Kier alpha value is -4.13. The van der Waals surface area contributed by atoms with Gasteiger partial charge >= 0.3 is 6.03 Å². The Morgan fingerprint density at radius 1 is 0.793 bits per heavy atom. The van der Waals surface area contributed by atoms with Gasteiger partial charge in [0.2, 0.25) is 11.8 Å². The highest BCUT2D eigenvalue weighted by Gasteiger charge is 2.11. The molecule has 0 bridgehead atoms. The quantitative estimate of drug-likeness (QED) is 0.501. The Bertz CT molecular complexity index is 1110. The molecular weight excluding hydrogens is 368 g/mol. The number of urea groups is 1. The normalized spacial score (nSPS) is 10.4. The van der Waals surface area contributed by atoms with E-state index >= 15 is 0 Å². The van der Waals surface area contributed by atoms with Crippen LogP contribution in [0.3, 0.4) is 0 Å². The monoisotopic (exact) mass is 386 g/mol. The number of benzene rings is 3. The molecule has 0 saturated heterocycles. The van der Waals surface area contributed by atoms with Crippen molar-refractivity contribution < 1.29 is 13.9 Å². The van der Waals surface area contributed by atoms with Crippen LogP contribution in [-0.2, 0) is 0 Å². The molecular formula is C22H18N4O3. The number of anilines is 2. The van der Waals surface area contributed by atoms with Gasteiger partial charge in [-0.1, -0.05) is 30.3 Å². The number of hydrogen-bond donors (Lipinski definition) is 2. The number of ether oxygens (including phenoxy) is 1. The average molecular weight is 386 g/mol. The first kappa shape index (κ1) is 18.2. The molecule has 3 aromatic carbocycles. The lowest BCUT2D eigenvalue weighted by molar-refractivity contribution is 0.262. The van der Waals surface area contributed by atoms with Crippen LogP contribution in [0.15, 0.2) is 83.3 Å². The molecule has 4 rings (SSSR count). The number of carbonyl (C=O) groups is 1. The van der Waals surface area contributed by atoms with E-state index in [9.17, 15) is 4.79 Å². The summed E-state index contributed by atoms with van der Waals surface area (Å²) in [4.78, 5) is 12.2. The number of nitrogens with one attached hydrogen (secondary N) is 2. The summed E-state index contributed by atoms with van der Waals surface area (Å²) in [6.45, 7) is 0. The Kier molecular flexibility index (Phi) is 5.20. The lowest BCUT2D eigenvalue weighted by atomic mass is 10.2. The molecule has 0 atom stereocenters. The summed E-state index contributed by atoms with van der Waals surface area (Å²) in [6.07, 6.45) is 0. The number of carbonyl (C=O) groups excluding carboxylic acids is 1. The zero-order chi connectivity index (χ0) is 20.1. The highest BCUT2D eigenvalue weighted by atomic mass is 16.5. The van der Waals surface area contributed by atoms with Crippen molar-refractivity contribution in [1.82, 2.24) is 10.2 Å². The maximum absolute atomic E-state index is 12.2. The molecule has 0 aliphatic carbocycles. The van der Waals surface area contributed by atoms with Crippen molar-refractivity contribution in [2.75, 3.05) is 17.7 Å².